The van der Waals surface area contributed by atoms with Crippen LogP contribution in [0, 0.1) is 0 Å². The van der Waals surface area contributed by atoms with Crippen molar-refractivity contribution < 1.29 is 9.90 Å². The summed E-state index contributed by atoms with van der Waals surface area (Å²) in [5, 5.41) is 8.47. The molecule has 0 radical (unpaired) electrons. The van der Waals surface area contributed by atoms with E-state index in [-0.39, 0.29) is 6.42 Å². The second-order valence-corrected chi connectivity index (χ2v) is 3.46. The summed E-state index contributed by atoms with van der Waals surface area (Å²) < 4.78 is 0. The summed E-state index contributed by atoms with van der Waals surface area (Å²) >= 11 is 0. The molecule has 1 heterocycles. The Bertz CT molecular complexity index is 301. The van der Waals surface area contributed by atoms with Gasteiger partial charge in [-0.15, -0.1) is 0 Å². The number of carboxylic acids is 1. The molecule has 0 fully saturated rings. The topological polar surface area (TPSA) is 53.4 Å². The molecule has 0 aliphatic carbocycles. The summed E-state index contributed by atoms with van der Waals surface area (Å²) in [5.74, 6) is 0.198. The lowest BCUT2D eigenvalue weighted by molar-refractivity contribution is -0.137. The lowest BCUT2D eigenvalue weighted by Gasteiger charge is -2.17. The lowest BCUT2D eigenvalue weighted by atomic mass is 10.2. The molecular formula is C11H16N2O2. The Morgan fingerprint density at radius 2 is 2.27 bits per heavy atom. The number of hydrogen-bond donors (Lipinski definition) is 1. The van der Waals surface area contributed by atoms with Gasteiger partial charge in [0.25, 0.3) is 0 Å². The number of carbonyl (C=O) groups is 1. The lowest BCUT2D eigenvalue weighted by Crippen LogP contribution is -2.19. The third-order valence-corrected chi connectivity index (χ3v) is 2.17. The largest absolute Gasteiger partial charge is 0.481 e. The van der Waals surface area contributed by atoms with Gasteiger partial charge in [0.05, 0.1) is 0 Å². The highest BCUT2D eigenvalue weighted by Gasteiger charge is 2.01. The van der Waals surface area contributed by atoms with E-state index in [4.69, 9.17) is 5.11 Å². The van der Waals surface area contributed by atoms with Crippen molar-refractivity contribution >= 4 is 11.8 Å². The van der Waals surface area contributed by atoms with Gasteiger partial charge in [-0.05, 0) is 25.0 Å². The second kappa shape index (κ2) is 6.01. The fourth-order valence-corrected chi connectivity index (χ4v) is 1.32. The van der Waals surface area contributed by atoms with Crippen LogP contribution in [-0.2, 0) is 4.79 Å². The molecule has 1 rings (SSSR count). The molecule has 82 valence electrons. The van der Waals surface area contributed by atoms with E-state index in [1.165, 1.54) is 0 Å². The van der Waals surface area contributed by atoms with Crippen LogP contribution in [0.15, 0.2) is 24.4 Å². The molecule has 0 amide bonds. The number of anilines is 1. The zero-order valence-corrected chi connectivity index (χ0v) is 8.89. The molecule has 0 saturated carbocycles. The fraction of sp³-hybridized carbons (Fsp3) is 0.455. The van der Waals surface area contributed by atoms with E-state index in [2.05, 4.69) is 4.98 Å². The molecule has 1 aromatic rings. The third-order valence-electron chi connectivity index (χ3n) is 2.17. The monoisotopic (exact) mass is 208 g/mol. The number of rotatable bonds is 6. The smallest absolute Gasteiger partial charge is 0.303 e. The summed E-state index contributed by atoms with van der Waals surface area (Å²) in [7, 11) is 1.96. The molecule has 0 atom stereocenters. The van der Waals surface area contributed by atoms with Crippen molar-refractivity contribution in [1.82, 2.24) is 4.98 Å². The molecule has 0 aliphatic rings. The molecule has 0 aliphatic heterocycles. The summed E-state index contributed by atoms with van der Waals surface area (Å²) in [6.45, 7) is 0.838. The van der Waals surface area contributed by atoms with Crippen molar-refractivity contribution in [3.63, 3.8) is 0 Å². The first-order valence-electron chi connectivity index (χ1n) is 5.04. The average molecular weight is 208 g/mol. The minimum Gasteiger partial charge on any atom is -0.481 e. The molecule has 4 nitrogen and oxygen atoms in total. The molecule has 1 N–H and O–H groups in total. The average Bonchev–Trinajstić information content (AvgIpc) is 2.25. The van der Waals surface area contributed by atoms with Gasteiger partial charge in [-0.3, -0.25) is 4.79 Å². The number of hydrogen-bond acceptors (Lipinski definition) is 3. The highest BCUT2D eigenvalue weighted by Crippen LogP contribution is 2.08. The van der Waals surface area contributed by atoms with E-state index in [0.717, 1.165) is 18.8 Å². The number of nitrogens with zero attached hydrogens (tertiary/aromatic N) is 2. The van der Waals surface area contributed by atoms with Gasteiger partial charge in [0.15, 0.2) is 0 Å². The normalized spacial score (nSPS) is 9.93. The molecule has 0 saturated heterocycles. The van der Waals surface area contributed by atoms with E-state index < -0.39 is 5.97 Å². The highest BCUT2D eigenvalue weighted by atomic mass is 16.4. The summed E-state index contributed by atoms with van der Waals surface area (Å²) in [5.41, 5.74) is 0. The van der Waals surface area contributed by atoms with Crippen LogP contribution in [-0.4, -0.2) is 29.7 Å². The van der Waals surface area contributed by atoms with Crippen molar-refractivity contribution in [2.24, 2.45) is 0 Å². The van der Waals surface area contributed by atoms with E-state index in [9.17, 15) is 4.79 Å². The van der Waals surface area contributed by atoms with Gasteiger partial charge in [0.1, 0.15) is 5.82 Å². The first-order valence-corrected chi connectivity index (χ1v) is 5.04. The Labute approximate surface area is 89.6 Å². The SMILES string of the molecule is CN(CCCCC(=O)O)c1ccccn1. The van der Waals surface area contributed by atoms with Crippen LogP contribution in [0.1, 0.15) is 19.3 Å². The van der Waals surface area contributed by atoms with Crippen LogP contribution in [0.5, 0.6) is 0 Å². The summed E-state index contributed by atoms with van der Waals surface area (Å²) in [6, 6.07) is 5.76. The molecule has 0 unspecified atom stereocenters. The van der Waals surface area contributed by atoms with Crippen molar-refractivity contribution in [2.75, 3.05) is 18.5 Å². The first kappa shape index (κ1) is 11.5. The van der Waals surface area contributed by atoms with Crippen LogP contribution in [0.3, 0.4) is 0 Å². The maximum absolute atomic E-state index is 10.3. The van der Waals surface area contributed by atoms with Crippen LogP contribution in [0.4, 0.5) is 5.82 Å². The summed E-state index contributed by atoms with van der Waals surface area (Å²) in [6.07, 6.45) is 3.59. The van der Waals surface area contributed by atoms with E-state index in [1.807, 2.05) is 30.1 Å². The number of unbranched alkanes of at least 4 members (excludes halogenated alkanes) is 1. The maximum Gasteiger partial charge on any atom is 0.303 e. The zero-order chi connectivity index (χ0) is 11.1. The maximum atomic E-state index is 10.3. The van der Waals surface area contributed by atoms with E-state index in [0.29, 0.717) is 6.42 Å². The number of pyridine rings is 1. The number of aromatic nitrogens is 1. The van der Waals surface area contributed by atoms with Crippen LogP contribution < -0.4 is 4.90 Å². The van der Waals surface area contributed by atoms with Gasteiger partial charge in [-0.1, -0.05) is 6.07 Å². The van der Waals surface area contributed by atoms with Gasteiger partial charge >= 0.3 is 5.97 Å². The van der Waals surface area contributed by atoms with Gasteiger partial charge in [0, 0.05) is 26.2 Å². The molecule has 0 spiro atoms. The van der Waals surface area contributed by atoms with Crippen LogP contribution in [0.2, 0.25) is 0 Å². The Morgan fingerprint density at radius 1 is 1.47 bits per heavy atom. The number of aliphatic carboxylic acids is 1. The fourth-order valence-electron chi connectivity index (χ4n) is 1.32. The Balaban J connectivity index is 2.25. The van der Waals surface area contributed by atoms with E-state index in [1.54, 1.807) is 6.20 Å². The van der Waals surface area contributed by atoms with Crippen molar-refractivity contribution in [3.05, 3.63) is 24.4 Å². The second-order valence-electron chi connectivity index (χ2n) is 3.46. The predicted molar refractivity (Wildman–Crippen MR) is 59.0 cm³/mol. The van der Waals surface area contributed by atoms with Crippen molar-refractivity contribution in [1.29, 1.82) is 0 Å². The minimum absolute atomic E-state index is 0.246. The van der Waals surface area contributed by atoms with Gasteiger partial charge in [-0.2, -0.15) is 0 Å². The standard InChI is InChI=1S/C11H16N2O2/c1-13(9-5-3-7-11(14)15)10-6-2-4-8-12-10/h2,4,6,8H,3,5,7,9H2,1H3,(H,14,15). The van der Waals surface area contributed by atoms with Crippen molar-refractivity contribution in [2.45, 2.75) is 19.3 Å². The van der Waals surface area contributed by atoms with Gasteiger partial charge < -0.3 is 10.0 Å². The quantitative estimate of drug-likeness (QED) is 0.724. The van der Waals surface area contributed by atoms with Crippen LogP contribution >= 0.6 is 0 Å². The number of carboxylic acid groups (broad SMARTS) is 1. The molecule has 1 aromatic heterocycles. The molecule has 15 heavy (non-hydrogen) atoms. The van der Waals surface area contributed by atoms with Gasteiger partial charge in [-0.25, -0.2) is 4.98 Å². The van der Waals surface area contributed by atoms with E-state index >= 15 is 0 Å². The minimum atomic E-state index is -0.726. The Morgan fingerprint density at radius 3 is 2.87 bits per heavy atom. The molecular weight excluding hydrogens is 192 g/mol. The zero-order valence-electron chi connectivity index (χ0n) is 8.89. The molecule has 4 heteroatoms. The van der Waals surface area contributed by atoms with Crippen molar-refractivity contribution in [3.8, 4) is 0 Å². The Hall–Kier alpha value is -1.58. The summed E-state index contributed by atoms with van der Waals surface area (Å²) in [4.78, 5) is 16.5. The van der Waals surface area contributed by atoms with Gasteiger partial charge in [0.2, 0.25) is 0 Å². The predicted octanol–water partition coefficient (Wildman–Crippen LogP) is 1.77. The van der Waals surface area contributed by atoms with Crippen LogP contribution in [0.25, 0.3) is 0 Å². The Kier molecular flexibility index (Phi) is 4.60. The first-order chi connectivity index (χ1) is 7.20. The third kappa shape index (κ3) is 4.44. The molecule has 0 bridgehead atoms. The molecule has 0 aromatic carbocycles. The highest BCUT2D eigenvalue weighted by molar-refractivity contribution is 5.66.